The van der Waals surface area contributed by atoms with Gasteiger partial charge < -0.3 is 15.2 Å². The zero-order chi connectivity index (χ0) is 15.5. The van der Waals surface area contributed by atoms with E-state index in [1.54, 1.807) is 7.11 Å². The molecule has 0 spiro atoms. The molecular formula is C16H19N3O3. The highest BCUT2D eigenvalue weighted by atomic mass is 16.5. The van der Waals surface area contributed by atoms with Crippen LogP contribution in [0.4, 0.5) is 5.69 Å². The van der Waals surface area contributed by atoms with Crippen LogP contribution in [0.25, 0.3) is 0 Å². The minimum atomic E-state index is -0.902. The molecule has 0 aromatic heterocycles. The highest BCUT2D eigenvalue weighted by molar-refractivity contribution is 6.45. The van der Waals surface area contributed by atoms with E-state index < -0.39 is 12.0 Å². The summed E-state index contributed by atoms with van der Waals surface area (Å²) >= 11 is 0. The Kier molecular flexibility index (Phi) is 4.09. The predicted octanol–water partition coefficient (Wildman–Crippen LogP) is 2.01. The van der Waals surface area contributed by atoms with Crippen LogP contribution >= 0.6 is 0 Å². The molecule has 2 unspecified atom stereocenters. The van der Waals surface area contributed by atoms with Crippen molar-refractivity contribution in [2.45, 2.75) is 31.3 Å². The maximum Gasteiger partial charge on any atom is 0.330 e. The number of hydrogen-bond donors (Lipinski definition) is 2. The SMILES string of the molecule is COc1ccc(NC2CCCC3=NC(C(=O)O)CN=C32)cc1. The molecule has 116 valence electrons. The number of fused-ring (bicyclic) bond motifs is 1. The zero-order valence-electron chi connectivity index (χ0n) is 12.5. The van der Waals surface area contributed by atoms with Gasteiger partial charge in [-0.3, -0.25) is 9.98 Å². The maximum atomic E-state index is 11.1. The lowest BCUT2D eigenvalue weighted by molar-refractivity contribution is -0.138. The van der Waals surface area contributed by atoms with Gasteiger partial charge in [0.2, 0.25) is 0 Å². The second-order valence-electron chi connectivity index (χ2n) is 5.47. The lowest BCUT2D eigenvalue weighted by Gasteiger charge is -2.30. The smallest absolute Gasteiger partial charge is 0.330 e. The molecule has 2 atom stereocenters. The normalized spacial score (nSPS) is 23.9. The number of aliphatic carboxylic acids is 1. The van der Waals surface area contributed by atoms with Gasteiger partial charge in [-0.15, -0.1) is 0 Å². The Hall–Kier alpha value is -2.37. The summed E-state index contributed by atoms with van der Waals surface area (Å²) in [5, 5.41) is 12.5. The van der Waals surface area contributed by atoms with Gasteiger partial charge in [0.25, 0.3) is 0 Å². The van der Waals surface area contributed by atoms with E-state index >= 15 is 0 Å². The van der Waals surface area contributed by atoms with Gasteiger partial charge in [0.05, 0.1) is 31.1 Å². The first-order valence-electron chi connectivity index (χ1n) is 7.42. The molecule has 2 N–H and O–H groups in total. The average molecular weight is 301 g/mol. The van der Waals surface area contributed by atoms with E-state index in [0.29, 0.717) is 0 Å². The summed E-state index contributed by atoms with van der Waals surface area (Å²) in [6.07, 6.45) is 2.77. The van der Waals surface area contributed by atoms with E-state index in [2.05, 4.69) is 15.3 Å². The molecule has 0 bridgehead atoms. The Morgan fingerprint density at radius 2 is 2.14 bits per heavy atom. The summed E-state index contributed by atoms with van der Waals surface area (Å²) in [7, 11) is 1.64. The number of hydrogen-bond acceptors (Lipinski definition) is 5. The predicted molar refractivity (Wildman–Crippen MR) is 85.4 cm³/mol. The lowest BCUT2D eigenvalue weighted by Crippen LogP contribution is -2.43. The van der Waals surface area contributed by atoms with E-state index in [9.17, 15) is 4.79 Å². The molecule has 1 saturated carbocycles. The third kappa shape index (κ3) is 2.95. The average Bonchev–Trinajstić information content (AvgIpc) is 2.55. The largest absolute Gasteiger partial charge is 0.497 e. The Morgan fingerprint density at radius 1 is 1.36 bits per heavy atom. The van der Waals surface area contributed by atoms with Crippen LogP contribution in [0.15, 0.2) is 34.3 Å². The monoisotopic (exact) mass is 301 g/mol. The van der Waals surface area contributed by atoms with Gasteiger partial charge in [-0.1, -0.05) is 0 Å². The molecule has 6 nitrogen and oxygen atoms in total. The molecule has 1 heterocycles. The van der Waals surface area contributed by atoms with Crippen LogP contribution in [0.3, 0.4) is 0 Å². The van der Waals surface area contributed by atoms with Crippen LogP contribution in [0.1, 0.15) is 19.3 Å². The van der Waals surface area contributed by atoms with Gasteiger partial charge in [-0.05, 0) is 43.5 Å². The first-order chi connectivity index (χ1) is 10.7. The molecule has 0 amide bonds. The highest BCUT2D eigenvalue weighted by Gasteiger charge is 2.31. The quantitative estimate of drug-likeness (QED) is 0.891. The summed E-state index contributed by atoms with van der Waals surface area (Å²) < 4.78 is 5.15. The van der Waals surface area contributed by atoms with Gasteiger partial charge in [0.15, 0.2) is 6.04 Å². The molecule has 3 rings (SSSR count). The van der Waals surface area contributed by atoms with Crippen LogP contribution < -0.4 is 10.1 Å². The van der Waals surface area contributed by atoms with Crippen LogP contribution in [0.2, 0.25) is 0 Å². The Morgan fingerprint density at radius 3 is 2.82 bits per heavy atom. The number of benzene rings is 1. The summed E-state index contributed by atoms with van der Waals surface area (Å²) in [5.41, 5.74) is 2.76. The van der Waals surface area contributed by atoms with Gasteiger partial charge in [-0.2, -0.15) is 0 Å². The van der Waals surface area contributed by atoms with Gasteiger partial charge >= 0.3 is 5.97 Å². The van der Waals surface area contributed by atoms with Crippen molar-refractivity contribution in [3.05, 3.63) is 24.3 Å². The second kappa shape index (κ2) is 6.17. The first kappa shape index (κ1) is 14.6. The minimum Gasteiger partial charge on any atom is -0.497 e. The number of carbonyl (C=O) groups is 1. The molecule has 1 aliphatic carbocycles. The fourth-order valence-electron chi connectivity index (χ4n) is 2.85. The van der Waals surface area contributed by atoms with E-state index in [1.807, 2.05) is 24.3 Å². The van der Waals surface area contributed by atoms with Crippen molar-refractivity contribution in [2.75, 3.05) is 19.0 Å². The molecule has 0 saturated heterocycles. The Labute approximate surface area is 128 Å². The van der Waals surface area contributed by atoms with Crippen molar-refractivity contribution in [3.8, 4) is 5.75 Å². The Balaban J connectivity index is 1.74. The van der Waals surface area contributed by atoms with Crippen LogP contribution in [0, 0.1) is 0 Å². The number of nitrogens with zero attached hydrogens (tertiary/aromatic N) is 2. The molecule has 1 aromatic carbocycles. The molecule has 1 fully saturated rings. The zero-order valence-corrected chi connectivity index (χ0v) is 12.5. The van der Waals surface area contributed by atoms with Crippen LogP contribution in [-0.2, 0) is 4.79 Å². The van der Waals surface area contributed by atoms with Crippen molar-refractivity contribution in [1.29, 1.82) is 0 Å². The maximum absolute atomic E-state index is 11.1. The lowest BCUT2D eigenvalue weighted by atomic mass is 9.89. The molecule has 6 heteroatoms. The van der Waals surface area contributed by atoms with Crippen molar-refractivity contribution < 1.29 is 14.6 Å². The van der Waals surface area contributed by atoms with Gasteiger partial charge in [-0.25, -0.2) is 4.79 Å². The number of rotatable bonds is 4. The van der Waals surface area contributed by atoms with Crippen LogP contribution in [-0.4, -0.2) is 48.2 Å². The second-order valence-corrected chi connectivity index (χ2v) is 5.47. The number of carboxylic acid groups (broad SMARTS) is 1. The van der Waals surface area contributed by atoms with Crippen molar-refractivity contribution in [3.63, 3.8) is 0 Å². The molecule has 1 aromatic rings. The number of aliphatic imine (C=N–C) groups is 2. The van der Waals surface area contributed by atoms with Crippen molar-refractivity contribution in [1.82, 2.24) is 0 Å². The number of ether oxygens (including phenoxy) is 1. The fourth-order valence-corrected chi connectivity index (χ4v) is 2.85. The summed E-state index contributed by atoms with van der Waals surface area (Å²) in [5.74, 6) is -0.0868. The number of anilines is 1. The van der Waals surface area contributed by atoms with E-state index in [0.717, 1.165) is 42.1 Å². The van der Waals surface area contributed by atoms with Gasteiger partial charge in [0, 0.05) is 5.69 Å². The number of methoxy groups -OCH3 is 1. The topological polar surface area (TPSA) is 83.3 Å². The minimum absolute atomic E-state index is 0.0932. The standard InChI is InChI=1S/C16H19N3O3/c1-22-11-7-5-10(6-8-11)18-12-3-2-4-13-15(12)17-9-14(19-13)16(20)21/h5-8,12,14,18H,2-4,9H2,1H3,(H,20,21). The highest BCUT2D eigenvalue weighted by Crippen LogP contribution is 2.23. The summed E-state index contributed by atoms with van der Waals surface area (Å²) in [6.45, 7) is 0.231. The first-order valence-corrected chi connectivity index (χ1v) is 7.42. The van der Waals surface area contributed by atoms with Gasteiger partial charge in [0.1, 0.15) is 5.75 Å². The van der Waals surface area contributed by atoms with E-state index in [-0.39, 0.29) is 12.6 Å². The van der Waals surface area contributed by atoms with Crippen molar-refractivity contribution in [2.24, 2.45) is 9.98 Å². The number of carboxylic acids is 1. The molecule has 0 radical (unpaired) electrons. The van der Waals surface area contributed by atoms with Crippen molar-refractivity contribution >= 4 is 23.1 Å². The van der Waals surface area contributed by atoms with E-state index in [4.69, 9.17) is 9.84 Å². The fraction of sp³-hybridized carbons (Fsp3) is 0.438. The molecular weight excluding hydrogens is 282 g/mol. The molecule has 2 aliphatic rings. The molecule has 1 aliphatic heterocycles. The third-order valence-corrected chi connectivity index (χ3v) is 3.99. The number of nitrogens with one attached hydrogen (secondary N) is 1. The summed E-state index contributed by atoms with van der Waals surface area (Å²) in [6, 6.07) is 7.11. The summed E-state index contributed by atoms with van der Waals surface area (Å²) in [4.78, 5) is 19.9. The van der Waals surface area contributed by atoms with Crippen LogP contribution in [0.5, 0.6) is 5.75 Å². The Bertz CT molecular complexity index is 622. The van der Waals surface area contributed by atoms with E-state index in [1.165, 1.54) is 0 Å². The third-order valence-electron chi connectivity index (χ3n) is 3.99. The molecule has 22 heavy (non-hydrogen) atoms.